The molecule has 3 aromatic carbocycles. The molecule has 4 N–H and O–H groups in total. The molecule has 9 nitrogen and oxygen atoms in total. The minimum Gasteiger partial charge on any atom is -0.507 e. The highest BCUT2D eigenvalue weighted by Gasteiger charge is 2.36. The second-order valence-corrected chi connectivity index (χ2v) is 7.88. The van der Waals surface area contributed by atoms with Crippen LogP contribution in [0.25, 0.3) is 11.1 Å². The number of hydrazone groups is 1. The van der Waals surface area contributed by atoms with Crippen LogP contribution in [0.3, 0.4) is 0 Å². The normalized spacial score (nSPS) is 12.7. The van der Waals surface area contributed by atoms with Gasteiger partial charge in [-0.05, 0) is 48.7 Å². The van der Waals surface area contributed by atoms with Crippen molar-refractivity contribution in [2.24, 2.45) is 5.10 Å². The van der Waals surface area contributed by atoms with Crippen LogP contribution in [0, 0.1) is 6.92 Å². The van der Waals surface area contributed by atoms with Crippen molar-refractivity contribution in [1.29, 1.82) is 0 Å². The third-order valence-corrected chi connectivity index (χ3v) is 5.86. The van der Waals surface area contributed by atoms with E-state index < -0.39 is 29.1 Å². The quantitative estimate of drug-likeness (QED) is 0.180. The van der Waals surface area contributed by atoms with Crippen LogP contribution in [0.2, 0.25) is 0 Å². The Bertz CT molecular complexity index is 1470. The van der Waals surface area contributed by atoms with Gasteiger partial charge in [-0.25, -0.2) is 4.79 Å². The number of phenols is 2. The summed E-state index contributed by atoms with van der Waals surface area (Å²) in [7, 11) is 0. The Morgan fingerprint density at radius 2 is 1.60 bits per heavy atom. The molecule has 0 radical (unpaired) electrons. The molecule has 0 saturated heterocycles. The average molecular weight is 472 g/mol. The number of benzene rings is 3. The largest absolute Gasteiger partial charge is 0.507 e. The summed E-state index contributed by atoms with van der Waals surface area (Å²) in [5.41, 5.74) is 2.91. The molecule has 35 heavy (non-hydrogen) atoms. The first-order chi connectivity index (χ1) is 16.7. The van der Waals surface area contributed by atoms with Crippen LogP contribution in [0.5, 0.6) is 11.5 Å². The Balaban J connectivity index is 1.82. The predicted molar refractivity (Wildman–Crippen MR) is 128 cm³/mol. The number of carbonyl (C=O) groups excluding carboxylic acids is 3. The highest BCUT2D eigenvalue weighted by Crippen LogP contribution is 2.43. The fraction of sp³-hybridized carbons (Fsp3) is 0.115. The molecule has 0 atom stereocenters. The molecule has 0 bridgehead atoms. The van der Waals surface area contributed by atoms with Crippen LogP contribution >= 0.6 is 0 Å². The summed E-state index contributed by atoms with van der Waals surface area (Å²) in [6.07, 6.45) is 0.174. The Hall–Kier alpha value is -4.79. The molecular formula is C26H20N2O7. The second-order valence-electron chi connectivity index (χ2n) is 7.88. The second kappa shape index (κ2) is 8.86. The van der Waals surface area contributed by atoms with Crippen molar-refractivity contribution in [1.82, 2.24) is 0 Å². The minimum absolute atomic E-state index is 0.0265. The average Bonchev–Trinajstić information content (AvgIpc) is 2.84. The first-order valence-electron chi connectivity index (χ1n) is 10.6. The lowest BCUT2D eigenvalue weighted by molar-refractivity contribution is 0.0697. The number of para-hydroxylation sites is 1. The summed E-state index contributed by atoms with van der Waals surface area (Å²) in [5, 5.41) is 34.4. The van der Waals surface area contributed by atoms with Gasteiger partial charge >= 0.3 is 5.97 Å². The van der Waals surface area contributed by atoms with Crippen molar-refractivity contribution in [2.45, 2.75) is 20.3 Å². The summed E-state index contributed by atoms with van der Waals surface area (Å²) in [4.78, 5) is 50.1. The Morgan fingerprint density at radius 3 is 2.29 bits per heavy atom. The molecule has 0 heterocycles. The smallest absolute Gasteiger partial charge is 0.337 e. The van der Waals surface area contributed by atoms with E-state index in [1.54, 1.807) is 19.1 Å². The molecule has 9 heteroatoms. The monoisotopic (exact) mass is 472 g/mol. The summed E-state index contributed by atoms with van der Waals surface area (Å²) in [5.74, 6) is -4.53. The molecule has 1 aliphatic rings. The van der Waals surface area contributed by atoms with E-state index in [9.17, 15) is 34.5 Å². The van der Waals surface area contributed by atoms with Gasteiger partial charge in [-0.1, -0.05) is 31.2 Å². The standard InChI is InChI=1S/C26H20N2O7/c1-3-17(27-28-18-9-5-4-7-14(18)26(34)35)23(31)15-11-16-13-8-6-10-19(29)20(13)24(32)25(33)21(16)22(30)12(15)2/h4-11,28-30H,3H2,1-2H3,(H,34,35). The molecule has 0 amide bonds. The number of carboxylic acid groups (broad SMARTS) is 1. The van der Waals surface area contributed by atoms with Gasteiger partial charge in [0.15, 0.2) is 0 Å². The maximum absolute atomic E-state index is 13.4. The lowest BCUT2D eigenvalue weighted by Crippen LogP contribution is -2.23. The van der Waals surface area contributed by atoms with E-state index in [0.29, 0.717) is 0 Å². The predicted octanol–water partition coefficient (Wildman–Crippen LogP) is 4.21. The number of ketones is 3. The van der Waals surface area contributed by atoms with E-state index >= 15 is 0 Å². The molecule has 0 fully saturated rings. The zero-order chi connectivity index (χ0) is 25.4. The molecule has 176 valence electrons. The SMILES string of the molecule is CCC(=NNc1ccccc1C(=O)O)C(=O)c1cc2c(c(O)c1C)C(=O)C(=O)c1c(O)cccc1-2. The van der Waals surface area contributed by atoms with Crippen LogP contribution in [-0.4, -0.2) is 44.4 Å². The van der Waals surface area contributed by atoms with Gasteiger partial charge in [-0.3, -0.25) is 19.8 Å². The number of hydrogen-bond donors (Lipinski definition) is 4. The van der Waals surface area contributed by atoms with Crippen molar-refractivity contribution >= 4 is 34.7 Å². The topological polar surface area (TPSA) is 153 Å². The number of nitrogens with one attached hydrogen (secondary N) is 1. The maximum Gasteiger partial charge on any atom is 0.337 e. The van der Waals surface area contributed by atoms with Gasteiger partial charge in [0, 0.05) is 11.1 Å². The summed E-state index contributed by atoms with van der Waals surface area (Å²) < 4.78 is 0. The molecular weight excluding hydrogens is 452 g/mol. The number of fused-ring (bicyclic) bond motifs is 3. The summed E-state index contributed by atoms with van der Waals surface area (Å²) >= 11 is 0. The molecule has 0 aromatic heterocycles. The number of Topliss-reactive ketones (excluding diaryl/α,β-unsaturated/α-hetero) is 3. The van der Waals surface area contributed by atoms with Gasteiger partial charge in [0.25, 0.3) is 0 Å². The number of rotatable bonds is 6. The molecule has 0 saturated carbocycles. The van der Waals surface area contributed by atoms with Crippen molar-refractivity contribution in [3.63, 3.8) is 0 Å². The fourth-order valence-electron chi connectivity index (χ4n) is 4.02. The van der Waals surface area contributed by atoms with E-state index in [2.05, 4.69) is 10.5 Å². The first-order valence-corrected chi connectivity index (χ1v) is 10.6. The third kappa shape index (κ3) is 3.82. The third-order valence-electron chi connectivity index (χ3n) is 5.86. The Labute approximate surface area is 199 Å². The van der Waals surface area contributed by atoms with Gasteiger partial charge in [-0.2, -0.15) is 5.10 Å². The molecule has 1 aliphatic carbocycles. The van der Waals surface area contributed by atoms with Crippen LogP contribution in [0.4, 0.5) is 5.69 Å². The van der Waals surface area contributed by atoms with Crippen molar-refractivity contribution in [2.75, 3.05) is 5.43 Å². The van der Waals surface area contributed by atoms with Crippen LogP contribution in [0.1, 0.15) is 60.3 Å². The molecule has 3 aromatic rings. The van der Waals surface area contributed by atoms with E-state index in [-0.39, 0.29) is 62.5 Å². The highest BCUT2D eigenvalue weighted by atomic mass is 16.4. The minimum atomic E-state index is -1.16. The lowest BCUT2D eigenvalue weighted by atomic mass is 9.80. The number of aromatic hydroxyl groups is 2. The van der Waals surface area contributed by atoms with Gasteiger partial charge in [0.05, 0.1) is 22.4 Å². The van der Waals surface area contributed by atoms with Crippen LogP contribution in [-0.2, 0) is 0 Å². The summed E-state index contributed by atoms with van der Waals surface area (Å²) in [6.45, 7) is 3.13. The van der Waals surface area contributed by atoms with E-state index in [4.69, 9.17) is 0 Å². The zero-order valence-corrected chi connectivity index (χ0v) is 18.7. The number of phenolic OH excluding ortho intramolecular Hbond substituents is 2. The Morgan fingerprint density at radius 1 is 0.914 bits per heavy atom. The van der Waals surface area contributed by atoms with Gasteiger partial charge in [-0.15, -0.1) is 0 Å². The zero-order valence-electron chi connectivity index (χ0n) is 18.7. The van der Waals surface area contributed by atoms with E-state index in [0.717, 1.165) is 0 Å². The van der Waals surface area contributed by atoms with Gasteiger partial charge in [0.1, 0.15) is 17.2 Å². The Kier molecular flexibility index (Phi) is 5.92. The summed E-state index contributed by atoms with van der Waals surface area (Å²) in [6, 6.07) is 11.8. The first kappa shape index (κ1) is 23.4. The van der Waals surface area contributed by atoms with E-state index in [1.807, 2.05) is 0 Å². The maximum atomic E-state index is 13.4. The highest BCUT2D eigenvalue weighted by molar-refractivity contribution is 6.54. The van der Waals surface area contributed by atoms with Crippen molar-refractivity contribution in [3.05, 3.63) is 76.3 Å². The van der Waals surface area contributed by atoms with Gasteiger partial charge < -0.3 is 15.3 Å². The van der Waals surface area contributed by atoms with Gasteiger partial charge in [0.2, 0.25) is 17.3 Å². The number of hydrogen-bond acceptors (Lipinski definition) is 8. The number of carbonyl (C=O) groups is 4. The van der Waals surface area contributed by atoms with E-state index in [1.165, 1.54) is 43.3 Å². The molecule has 0 spiro atoms. The van der Waals surface area contributed by atoms with Crippen LogP contribution in [0.15, 0.2) is 53.6 Å². The number of carboxylic acids is 1. The number of nitrogens with zero attached hydrogens (tertiary/aromatic N) is 1. The molecule has 0 aliphatic heterocycles. The lowest BCUT2D eigenvalue weighted by Gasteiger charge is -2.22. The number of aromatic carboxylic acids is 1. The van der Waals surface area contributed by atoms with Crippen molar-refractivity contribution < 1.29 is 34.5 Å². The van der Waals surface area contributed by atoms with Crippen LogP contribution < -0.4 is 5.43 Å². The molecule has 0 unspecified atom stereocenters. The fourth-order valence-corrected chi connectivity index (χ4v) is 4.02. The van der Waals surface area contributed by atoms with Crippen molar-refractivity contribution in [3.8, 4) is 22.6 Å². The number of anilines is 1. The molecule has 4 rings (SSSR count).